The Hall–Kier alpha value is -0.800. The van der Waals surface area contributed by atoms with Gasteiger partial charge in [-0.3, -0.25) is 9.69 Å². The Labute approximate surface area is 129 Å². The third kappa shape index (κ3) is 4.60. The monoisotopic (exact) mass is 340 g/mol. The number of nitrogens with zero attached hydrogens (tertiary/aromatic N) is 1. The van der Waals surface area contributed by atoms with Crippen LogP contribution in [0.15, 0.2) is 0 Å². The van der Waals surface area contributed by atoms with Crippen LogP contribution in [-0.2, 0) is 19.6 Å². The SMILES string of the molecule is COC(=O)C1(CS(=O)(=O)NCC2CCN(CC(F)F)C2)CC1. The standard InChI is InChI=1S/C13H22F2N2O4S/c1-21-12(18)13(3-4-13)9-22(19,20)16-6-10-2-5-17(7-10)8-11(14)15/h10-11,16H,2-9H2,1H3. The molecule has 1 N–H and O–H groups in total. The molecule has 2 rings (SSSR count). The van der Waals surface area contributed by atoms with Gasteiger partial charge in [-0.1, -0.05) is 0 Å². The maximum absolute atomic E-state index is 12.3. The Bertz CT molecular complexity index is 508. The van der Waals surface area contributed by atoms with Gasteiger partial charge in [-0.25, -0.2) is 21.9 Å². The molecule has 9 heteroatoms. The van der Waals surface area contributed by atoms with E-state index in [1.807, 2.05) is 0 Å². The van der Waals surface area contributed by atoms with Gasteiger partial charge in [0, 0.05) is 13.1 Å². The van der Waals surface area contributed by atoms with Crippen LogP contribution in [0.2, 0.25) is 0 Å². The number of esters is 1. The van der Waals surface area contributed by atoms with Gasteiger partial charge in [0.05, 0.1) is 24.8 Å². The first-order chi connectivity index (χ1) is 10.3. The highest BCUT2D eigenvalue weighted by Crippen LogP contribution is 2.47. The summed E-state index contributed by atoms with van der Waals surface area (Å²) in [6.07, 6.45) is -0.638. The second-order valence-corrected chi connectivity index (χ2v) is 7.99. The number of methoxy groups -OCH3 is 1. The number of sulfonamides is 1. The number of likely N-dealkylation sites (tertiary alicyclic amines) is 1. The summed E-state index contributed by atoms with van der Waals surface area (Å²) in [6.45, 7) is 0.978. The summed E-state index contributed by atoms with van der Waals surface area (Å²) < 4.78 is 55.9. The van der Waals surface area contributed by atoms with Crippen LogP contribution in [0.3, 0.4) is 0 Å². The van der Waals surface area contributed by atoms with Gasteiger partial charge >= 0.3 is 5.97 Å². The van der Waals surface area contributed by atoms with Gasteiger partial charge in [-0.15, -0.1) is 0 Å². The Balaban J connectivity index is 1.78. The van der Waals surface area contributed by atoms with Crippen LogP contribution in [0, 0.1) is 11.3 Å². The van der Waals surface area contributed by atoms with Crippen molar-refractivity contribution in [3.63, 3.8) is 0 Å². The summed E-state index contributed by atoms with van der Waals surface area (Å²) in [4.78, 5) is 13.2. The molecule has 0 spiro atoms. The highest BCUT2D eigenvalue weighted by molar-refractivity contribution is 7.89. The van der Waals surface area contributed by atoms with E-state index in [1.54, 1.807) is 4.90 Å². The van der Waals surface area contributed by atoms with Crippen molar-refractivity contribution in [3.8, 4) is 0 Å². The number of carbonyl (C=O) groups excluding carboxylic acids is 1. The van der Waals surface area contributed by atoms with E-state index in [4.69, 9.17) is 0 Å². The quantitative estimate of drug-likeness (QED) is 0.649. The third-order valence-corrected chi connectivity index (χ3v) is 5.84. The Morgan fingerprint density at radius 2 is 2.14 bits per heavy atom. The third-order valence-electron chi connectivity index (χ3n) is 4.30. The lowest BCUT2D eigenvalue weighted by Crippen LogP contribution is -2.37. The summed E-state index contributed by atoms with van der Waals surface area (Å²) in [5.41, 5.74) is -0.891. The number of rotatable bonds is 8. The van der Waals surface area contributed by atoms with Crippen LogP contribution >= 0.6 is 0 Å². The molecule has 0 bridgehead atoms. The first-order valence-corrected chi connectivity index (χ1v) is 8.98. The van der Waals surface area contributed by atoms with Crippen molar-refractivity contribution < 1.29 is 26.7 Å². The number of alkyl halides is 2. The maximum atomic E-state index is 12.3. The van der Waals surface area contributed by atoms with E-state index in [2.05, 4.69) is 9.46 Å². The molecule has 1 aliphatic carbocycles. The van der Waals surface area contributed by atoms with Crippen molar-refractivity contribution in [1.29, 1.82) is 0 Å². The zero-order chi connectivity index (χ0) is 16.4. The number of nitrogens with one attached hydrogen (secondary N) is 1. The van der Waals surface area contributed by atoms with E-state index < -0.39 is 27.8 Å². The minimum absolute atomic E-state index is 0.0294. The lowest BCUT2D eigenvalue weighted by atomic mass is 10.1. The molecule has 0 aromatic heterocycles. The smallest absolute Gasteiger partial charge is 0.312 e. The first-order valence-electron chi connectivity index (χ1n) is 7.32. The van der Waals surface area contributed by atoms with E-state index in [0.717, 1.165) is 0 Å². The molecule has 1 atom stereocenters. The molecule has 0 aromatic carbocycles. The minimum Gasteiger partial charge on any atom is -0.469 e. The fourth-order valence-corrected chi connectivity index (χ4v) is 4.60. The molecule has 1 saturated carbocycles. The molecule has 128 valence electrons. The molecule has 0 amide bonds. The average Bonchev–Trinajstić information content (AvgIpc) is 3.06. The Morgan fingerprint density at radius 3 is 2.68 bits per heavy atom. The second kappa shape index (κ2) is 6.76. The van der Waals surface area contributed by atoms with E-state index in [9.17, 15) is 22.0 Å². The molecular weight excluding hydrogens is 318 g/mol. The summed E-state index contributed by atoms with van der Waals surface area (Å²) in [5, 5.41) is 0. The number of halogens is 2. The molecule has 1 aliphatic heterocycles. The molecule has 0 aromatic rings. The Morgan fingerprint density at radius 1 is 1.45 bits per heavy atom. The molecule has 0 radical (unpaired) electrons. The van der Waals surface area contributed by atoms with E-state index in [-0.39, 0.29) is 24.8 Å². The van der Waals surface area contributed by atoms with Gasteiger partial charge in [0.1, 0.15) is 0 Å². The Kier molecular flexibility index (Phi) is 5.39. The van der Waals surface area contributed by atoms with Gasteiger partial charge in [-0.2, -0.15) is 0 Å². The van der Waals surface area contributed by atoms with Crippen molar-refractivity contribution in [2.75, 3.05) is 39.0 Å². The average molecular weight is 340 g/mol. The zero-order valence-corrected chi connectivity index (χ0v) is 13.4. The zero-order valence-electron chi connectivity index (χ0n) is 12.6. The van der Waals surface area contributed by atoms with Gasteiger partial charge in [0.25, 0.3) is 6.43 Å². The molecule has 1 unspecified atom stereocenters. The molecule has 1 heterocycles. The molecule has 22 heavy (non-hydrogen) atoms. The van der Waals surface area contributed by atoms with E-state index in [0.29, 0.717) is 32.4 Å². The van der Waals surface area contributed by atoms with Crippen LogP contribution in [0.1, 0.15) is 19.3 Å². The van der Waals surface area contributed by atoms with Crippen molar-refractivity contribution in [1.82, 2.24) is 9.62 Å². The van der Waals surface area contributed by atoms with Crippen LogP contribution in [-0.4, -0.2) is 64.8 Å². The summed E-state index contributed by atoms with van der Waals surface area (Å²) in [5.74, 6) is -0.719. The molecule has 1 saturated heterocycles. The van der Waals surface area contributed by atoms with Gasteiger partial charge in [0.15, 0.2) is 0 Å². The lowest BCUT2D eigenvalue weighted by molar-refractivity contribution is -0.146. The number of hydrogen-bond acceptors (Lipinski definition) is 5. The molecule has 6 nitrogen and oxygen atoms in total. The van der Waals surface area contributed by atoms with E-state index in [1.165, 1.54) is 7.11 Å². The summed E-state index contributed by atoms with van der Waals surface area (Å²) in [6, 6.07) is 0. The highest BCUT2D eigenvalue weighted by atomic mass is 32.2. The molecule has 2 aliphatic rings. The topological polar surface area (TPSA) is 75.7 Å². The number of carbonyl (C=O) groups is 1. The van der Waals surface area contributed by atoms with Crippen molar-refractivity contribution in [2.45, 2.75) is 25.7 Å². The van der Waals surface area contributed by atoms with Gasteiger partial charge < -0.3 is 4.74 Å². The van der Waals surface area contributed by atoms with Crippen LogP contribution in [0.4, 0.5) is 8.78 Å². The fourth-order valence-electron chi connectivity index (χ4n) is 2.87. The van der Waals surface area contributed by atoms with Crippen molar-refractivity contribution >= 4 is 16.0 Å². The minimum atomic E-state index is -3.58. The summed E-state index contributed by atoms with van der Waals surface area (Å²) in [7, 11) is -2.33. The van der Waals surface area contributed by atoms with Gasteiger partial charge in [0.2, 0.25) is 10.0 Å². The normalized spacial score (nSPS) is 24.6. The largest absolute Gasteiger partial charge is 0.469 e. The van der Waals surface area contributed by atoms with Crippen LogP contribution < -0.4 is 4.72 Å². The maximum Gasteiger partial charge on any atom is 0.312 e. The summed E-state index contributed by atoms with van der Waals surface area (Å²) >= 11 is 0. The lowest BCUT2D eigenvalue weighted by Gasteiger charge is -2.17. The predicted molar refractivity (Wildman–Crippen MR) is 76.0 cm³/mol. The van der Waals surface area contributed by atoms with Crippen LogP contribution in [0.5, 0.6) is 0 Å². The van der Waals surface area contributed by atoms with Gasteiger partial charge in [-0.05, 0) is 31.7 Å². The van der Waals surface area contributed by atoms with Crippen molar-refractivity contribution in [2.24, 2.45) is 11.3 Å². The highest BCUT2D eigenvalue weighted by Gasteiger charge is 2.53. The first kappa shape index (κ1) is 17.6. The molecular formula is C13H22F2N2O4S. The number of ether oxygens (including phenoxy) is 1. The van der Waals surface area contributed by atoms with Crippen LogP contribution in [0.25, 0.3) is 0 Å². The second-order valence-electron chi connectivity index (χ2n) is 6.18. The fraction of sp³-hybridized carbons (Fsp3) is 0.923. The molecule has 2 fully saturated rings. The van der Waals surface area contributed by atoms with Crippen molar-refractivity contribution in [3.05, 3.63) is 0 Å². The van der Waals surface area contributed by atoms with E-state index >= 15 is 0 Å². The number of hydrogen-bond donors (Lipinski definition) is 1. The predicted octanol–water partition coefficient (Wildman–Crippen LogP) is 0.446.